The molecule has 0 atom stereocenters. The van der Waals surface area contributed by atoms with Gasteiger partial charge < -0.3 is 25.3 Å². The zero-order valence-electron chi connectivity index (χ0n) is 22.9. The van der Waals surface area contributed by atoms with E-state index in [9.17, 15) is 0 Å². The molecule has 0 spiro atoms. The van der Waals surface area contributed by atoms with Crippen molar-refractivity contribution in [2.75, 3.05) is 0 Å². The van der Waals surface area contributed by atoms with Gasteiger partial charge in [-0.15, -0.1) is 0 Å². The Labute approximate surface area is 256 Å². The maximum absolute atomic E-state index is 7.13. The van der Waals surface area contributed by atoms with Crippen LogP contribution in [0.3, 0.4) is 0 Å². The Bertz CT molecular complexity index is 922. The van der Waals surface area contributed by atoms with Crippen molar-refractivity contribution in [1.29, 1.82) is 10.5 Å². The summed E-state index contributed by atoms with van der Waals surface area (Å²) in [6.07, 6.45) is 18.9. The van der Waals surface area contributed by atoms with Crippen molar-refractivity contribution in [3.63, 3.8) is 0 Å². The molecule has 0 unspecified atom stereocenters. The van der Waals surface area contributed by atoms with Gasteiger partial charge in [0.05, 0.1) is 0 Å². The fourth-order valence-electron chi connectivity index (χ4n) is 2.47. The molecule has 205 valence electrons. The van der Waals surface area contributed by atoms with Crippen LogP contribution in [0.2, 0.25) is 0 Å². The maximum atomic E-state index is 7.13. The van der Waals surface area contributed by atoms with E-state index in [1.165, 1.54) is 33.1 Å². The topological polar surface area (TPSA) is 99.1 Å². The van der Waals surface area contributed by atoms with Crippen molar-refractivity contribution in [3.05, 3.63) is 120 Å². The van der Waals surface area contributed by atoms with Crippen molar-refractivity contribution in [2.24, 2.45) is 0 Å². The van der Waals surface area contributed by atoms with Crippen LogP contribution in [0.15, 0.2) is 98.1 Å². The number of rotatable bonds is 4. The van der Waals surface area contributed by atoms with Gasteiger partial charge in [0.15, 0.2) is 0 Å². The van der Waals surface area contributed by atoms with E-state index < -0.39 is 0 Å². The van der Waals surface area contributed by atoms with Crippen LogP contribution in [0.1, 0.15) is 49.9 Å². The minimum Gasteiger partial charge on any atom is -0.696 e. The van der Waals surface area contributed by atoms with Gasteiger partial charge in [-0.2, -0.15) is 0 Å². The van der Waals surface area contributed by atoms with Gasteiger partial charge in [0.1, 0.15) is 0 Å². The molecular weight excluding hydrogens is 563 g/mol. The van der Waals surface area contributed by atoms with Crippen LogP contribution in [-0.2, 0) is 68.0 Å². The molecule has 0 fully saturated rings. The van der Waals surface area contributed by atoms with Gasteiger partial charge in [-0.3, -0.25) is 19.9 Å². The molecule has 0 aromatic carbocycles. The summed E-state index contributed by atoms with van der Waals surface area (Å²) in [7, 11) is 0. The van der Waals surface area contributed by atoms with Gasteiger partial charge in [0.25, 0.3) is 0 Å². The first-order valence-electron chi connectivity index (χ1n) is 12.1. The molecule has 0 saturated heterocycles. The van der Waals surface area contributed by atoms with E-state index >= 15 is 0 Å². The molecule has 0 amide bonds. The fraction of sp³-hybridized carbons (Fsp3) is 0.267. The normalized spacial score (nSPS) is 7.85. The number of aromatic nitrogens is 4. The first kappa shape index (κ1) is 40.0. The molecule has 0 aliphatic carbocycles. The van der Waals surface area contributed by atoms with Gasteiger partial charge in [-0.1, -0.05) is 38.5 Å². The van der Waals surface area contributed by atoms with Crippen LogP contribution >= 0.6 is 0 Å². The summed E-state index contributed by atoms with van der Waals surface area (Å²) in [4.78, 5) is 15.6. The number of nitrogens with zero attached hydrogens (tertiary/aromatic N) is 6. The molecule has 0 aliphatic rings. The van der Waals surface area contributed by atoms with E-state index in [1.54, 1.807) is 0 Å². The number of pyridine rings is 4. The minimum absolute atomic E-state index is 0. The second kappa shape index (κ2) is 32.6. The Kier molecular flexibility index (Phi) is 33.4. The van der Waals surface area contributed by atoms with E-state index in [0.717, 1.165) is 25.7 Å². The molecule has 9 heteroatoms. The number of nitriles is 2. The second-order valence-electron chi connectivity index (χ2n) is 7.02. The predicted molar refractivity (Wildman–Crippen MR) is 160 cm³/mol. The zero-order valence-corrected chi connectivity index (χ0v) is 25.8. The Morgan fingerprint density at radius 2 is 0.590 bits per heavy atom. The summed E-state index contributed by atoms with van der Waals surface area (Å²) in [6.45, 7) is 8.54. The maximum Gasteiger partial charge on any atom is 2.00 e. The molecular formula is C30H36MnN6S2. The SMILES string of the molecule is CCc1ccncc1.CCc1ccncc1.CCc1ccncc1.CCc1ccncc1.N#C[S-].N#C[S-].[Mn+2]. The molecule has 4 heterocycles. The number of hydrogen-bond donors (Lipinski definition) is 0. The Balaban J connectivity index is -0.000000412. The van der Waals surface area contributed by atoms with Crippen molar-refractivity contribution >= 4 is 25.3 Å². The number of hydrogen-bond acceptors (Lipinski definition) is 8. The second-order valence-corrected chi connectivity index (χ2v) is 7.38. The molecule has 0 bridgehead atoms. The van der Waals surface area contributed by atoms with Crippen LogP contribution in [-0.4, -0.2) is 19.9 Å². The zero-order chi connectivity index (χ0) is 28.7. The molecule has 0 N–H and O–H groups in total. The van der Waals surface area contributed by atoms with Gasteiger partial charge >= 0.3 is 17.1 Å². The summed E-state index contributed by atoms with van der Waals surface area (Å²) in [6, 6.07) is 16.2. The summed E-state index contributed by atoms with van der Waals surface area (Å²) < 4.78 is 0. The third-order valence-corrected chi connectivity index (χ3v) is 4.63. The number of aryl methyl sites for hydroxylation is 4. The van der Waals surface area contributed by atoms with Crippen molar-refractivity contribution in [3.8, 4) is 10.8 Å². The Morgan fingerprint density at radius 1 is 0.462 bits per heavy atom. The van der Waals surface area contributed by atoms with E-state index in [2.05, 4.69) is 72.9 Å². The van der Waals surface area contributed by atoms with Crippen molar-refractivity contribution in [1.82, 2.24) is 19.9 Å². The average Bonchev–Trinajstić information content (AvgIpc) is 3.00. The Morgan fingerprint density at radius 3 is 0.667 bits per heavy atom. The largest absolute Gasteiger partial charge is 2.00 e. The van der Waals surface area contributed by atoms with Crippen LogP contribution < -0.4 is 0 Å². The first-order chi connectivity index (χ1) is 18.6. The monoisotopic (exact) mass is 599 g/mol. The number of thiocyanates is 2. The van der Waals surface area contributed by atoms with Crippen molar-refractivity contribution in [2.45, 2.75) is 53.4 Å². The molecule has 6 nitrogen and oxygen atoms in total. The molecule has 4 aromatic rings. The minimum atomic E-state index is 0. The summed E-state index contributed by atoms with van der Waals surface area (Å²) in [5, 5.41) is 16.9. The van der Waals surface area contributed by atoms with Crippen LogP contribution in [0, 0.1) is 21.3 Å². The molecule has 4 rings (SSSR count). The fourth-order valence-corrected chi connectivity index (χ4v) is 2.47. The van der Waals surface area contributed by atoms with Crippen LogP contribution in [0.4, 0.5) is 0 Å². The predicted octanol–water partition coefficient (Wildman–Crippen LogP) is 6.60. The summed E-state index contributed by atoms with van der Waals surface area (Å²) in [5.74, 6) is 0. The molecule has 0 aliphatic heterocycles. The van der Waals surface area contributed by atoms with Gasteiger partial charge in [0, 0.05) is 49.6 Å². The molecule has 1 radical (unpaired) electrons. The summed E-state index contributed by atoms with van der Waals surface area (Å²) in [5.41, 5.74) is 5.39. The first-order valence-corrected chi connectivity index (χ1v) is 13.0. The molecule has 39 heavy (non-hydrogen) atoms. The van der Waals surface area contributed by atoms with E-state index in [4.69, 9.17) is 10.5 Å². The smallest absolute Gasteiger partial charge is 0.696 e. The third kappa shape index (κ3) is 27.4. The van der Waals surface area contributed by atoms with E-state index in [1.807, 2.05) is 98.1 Å². The van der Waals surface area contributed by atoms with Gasteiger partial charge in [0.2, 0.25) is 0 Å². The van der Waals surface area contributed by atoms with Crippen LogP contribution in [0.5, 0.6) is 0 Å². The average molecular weight is 600 g/mol. The van der Waals surface area contributed by atoms with Crippen LogP contribution in [0.25, 0.3) is 0 Å². The van der Waals surface area contributed by atoms with E-state index in [-0.39, 0.29) is 17.1 Å². The third-order valence-electron chi connectivity index (χ3n) is 4.63. The molecule has 4 aromatic heterocycles. The Hall–Kier alpha value is -3.46. The standard InChI is InChI=1S/4C7H9N.2CHNS.Mn/c4*1-2-7-3-5-8-6-4-7;2*2-1-3;/h4*3-6H,2H2,1H3;2*3H;/q;;;;;;+2/p-2. The summed E-state index contributed by atoms with van der Waals surface area (Å²) >= 11 is 7.40. The van der Waals surface area contributed by atoms with Gasteiger partial charge in [-0.25, -0.2) is 10.5 Å². The van der Waals surface area contributed by atoms with Crippen molar-refractivity contribution < 1.29 is 17.1 Å². The van der Waals surface area contributed by atoms with E-state index in [0.29, 0.717) is 0 Å². The van der Waals surface area contributed by atoms with Gasteiger partial charge in [-0.05, 0) is 96.5 Å². The molecule has 0 saturated carbocycles. The quantitative estimate of drug-likeness (QED) is 0.147.